The average Bonchev–Trinajstić information content (AvgIpc) is 2.52. The summed E-state index contributed by atoms with van der Waals surface area (Å²) in [6, 6.07) is 4.93. The van der Waals surface area contributed by atoms with E-state index in [0.717, 1.165) is 44.6 Å². The molecule has 0 radical (unpaired) electrons. The summed E-state index contributed by atoms with van der Waals surface area (Å²) in [4.78, 5) is 12.6. The van der Waals surface area contributed by atoms with E-state index in [0.29, 0.717) is 5.56 Å². The van der Waals surface area contributed by atoms with Crippen molar-refractivity contribution in [1.82, 2.24) is 0 Å². The number of aliphatic hydroxyl groups is 1. The van der Waals surface area contributed by atoms with Crippen molar-refractivity contribution < 1.29 is 14.8 Å². The highest BCUT2D eigenvalue weighted by molar-refractivity contribution is 5.55. The van der Waals surface area contributed by atoms with Crippen LogP contribution in [0.3, 0.4) is 0 Å². The van der Waals surface area contributed by atoms with E-state index in [4.69, 9.17) is 4.74 Å². The van der Waals surface area contributed by atoms with E-state index in [1.807, 2.05) is 0 Å². The lowest BCUT2D eigenvalue weighted by atomic mass is 10.1. The molecule has 21 heavy (non-hydrogen) atoms. The molecule has 0 spiro atoms. The second-order valence-electron chi connectivity index (χ2n) is 5.31. The molecule has 1 unspecified atom stereocenters. The fourth-order valence-corrected chi connectivity index (χ4v) is 2.67. The second kappa shape index (κ2) is 7.38. The highest BCUT2D eigenvalue weighted by Gasteiger charge is 2.22. The molecule has 6 nitrogen and oxygen atoms in total. The molecule has 116 valence electrons. The van der Waals surface area contributed by atoms with E-state index in [9.17, 15) is 15.2 Å². The number of hydrogen-bond acceptors (Lipinski definition) is 5. The first kappa shape index (κ1) is 15.7. The smallest absolute Gasteiger partial charge is 0.275 e. The summed E-state index contributed by atoms with van der Waals surface area (Å²) in [7, 11) is 0. The summed E-state index contributed by atoms with van der Waals surface area (Å²) in [5, 5.41) is 20.2. The summed E-state index contributed by atoms with van der Waals surface area (Å²) in [6.45, 7) is 4.23. The van der Waals surface area contributed by atoms with E-state index in [1.165, 1.54) is 6.07 Å². The Morgan fingerprint density at radius 3 is 3.00 bits per heavy atom. The number of nitrogens with zero attached hydrogens (tertiary/aromatic N) is 2. The Kier molecular flexibility index (Phi) is 5.52. The number of aliphatic hydroxyl groups excluding tert-OH is 1. The minimum absolute atomic E-state index is 0.0305. The molecule has 0 saturated carbocycles. The van der Waals surface area contributed by atoms with Gasteiger partial charge in [-0.25, -0.2) is 0 Å². The Morgan fingerprint density at radius 2 is 2.33 bits per heavy atom. The molecule has 0 aromatic heterocycles. The van der Waals surface area contributed by atoms with Gasteiger partial charge in [0.15, 0.2) is 0 Å². The van der Waals surface area contributed by atoms with Gasteiger partial charge in [-0.05, 0) is 31.4 Å². The van der Waals surface area contributed by atoms with E-state index < -0.39 is 4.92 Å². The third kappa shape index (κ3) is 3.92. The number of hydrogen-bond donors (Lipinski definition) is 1. The van der Waals surface area contributed by atoms with Crippen LogP contribution in [0.4, 0.5) is 11.4 Å². The van der Waals surface area contributed by atoms with Crippen LogP contribution in [0.15, 0.2) is 18.2 Å². The Labute approximate surface area is 124 Å². The van der Waals surface area contributed by atoms with Gasteiger partial charge in [0, 0.05) is 31.5 Å². The largest absolute Gasteiger partial charge is 0.391 e. The summed E-state index contributed by atoms with van der Waals surface area (Å²) in [6.07, 6.45) is 3.31. The highest BCUT2D eigenvalue weighted by atomic mass is 16.6. The van der Waals surface area contributed by atoms with E-state index >= 15 is 0 Å². The summed E-state index contributed by atoms with van der Waals surface area (Å²) >= 11 is 0. The zero-order valence-corrected chi connectivity index (χ0v) is 12.3. The van der Waals surface area contributed by atoms with Crippen molar-refractivity contribution in [2.45, 2.75) is 38.9 Å². The van der Waals surface area contributed by atoms with Crippen molar-refractivity contribution in [2.24, 2.45) is 0 Å². The quantitative estimate of drug-likeness (QED) is 0.644. The molecule has 1 heterocycles. The zero-order chi connectivity index (χ0) is 15.2. The number of ether oxygens (including phenoxy) is 1. The van der Waals surface area contributed by atoms with Gasteiger partial charge in [-0.1, -0.05) is 6.92 Å². The van der Waals surface area contributed by atoms with Gasteiger partial charge >= 0.3 is 0 Å². The fraction of sp³-hybridized carbons (Fsp3) is 0.600. The number of piperidine rings is 1. The van der Waals surface area contributed by atoms with Crippen molar-refractivity contribution in [3.63, 3.8) is 0 Å². The molecule has 0 amide bonds. The minimum Gasteiger partial charge on any atom is -0.391 e. The first-order valence-corrected chi connectivity index (χ1v) is 7.40. The summed E-state index contributed by atoms with van der Waals surface area (Å²) in [5.74, 6) is 0. The zero-order valence-electron chi connectivity index (χ0n) is 12.3. The molecular weight excluding hydrogens is 272 g/mol. The van der Waals surface area contributed by atoms with Gasteiger partial charge in [-0.2, -0.15) is 0 Å². The van der Waals surface area contributed by atoms with Gasteiger partial charge in [-0.15, -0.1) is 0 Å². The van der Waals surface area contributed by atoms with Crippen molar-refractivity contribution in [3.05, 3.63) is 33.9 Å². The SMILES string of the molecule is CCCOC1CCCN(c2ccc([N+](=O)[O-])c(CO)c2)C1. The number of nitro benzene ring substituents is 1. The molecule has 2 rings (SSSR count). The number of anilines is 1. The van der Waals surface area contributed by atoms with Gasteiger partial charge < -0.3 is 14.7 Å². The van der Waals surface area contributed by atoms with E-state index in [-0.39, 0.29) is 18.4 Å². The van der Waals surface area contributed by atoms with Crippen molar-refractivity contribution in [2.75, 3.05) is 24.6 Å². The molecule has 1 atom stereocenters. The lowest BCUT2D eigenvalue weighted by Crippen LogP contribution is -2.39. The first-order valence-electron chi connectivity index (χ1n) is 7.40. The molecule has 1 saturated heterocycles. The topological polar surface area (TPSA) is 75.8 Å². The molecule has 1 aliphatic rings. The van der Waals surface area contributed by atoms with Crippen molar-refractivity contribution >= 4 is 11.4 Å². The average molecular weight is 294 g/mol. The predicted molar refractivity (Wildman–Crippen MR) is 80.5 cm³/mol. The maximum absolute atomic E-state index is 10.9. The Bertz CT molecular complexity index is 493. The van der Waals surface area contributed by atoms with Gasteiger partial charge in [-0.3, -0.25) is 10.1 Å². The Morgan fingerprint density at radius 1 is 1.52 bits per heavy atom. The van der Waals surface area contributed by atoms with E-state index in [2.05, 4.69) is 11.8 Å². The number of nitro groups is 1. The molecule has 6 heteroatoms. The first-order chi connectivity index (χ1) is 10.2. The standard InChI is InChI=1S/C15H22N2O4/c1-2-8-21-14-4-3-7-16(10-14)13-5-6-15(17(19)20)12(9-13)11-18/h5-6,9,14,18H,2-4,7-8,10-11H2,1H3. The van der Waals surface area contributed by atoms with Gasteiger partial charge in [0.1, 0.15) is 0 Å². The molecule has 1 aliphatic heterocycles. The molecule has 1 N–H and O–H groups in total. The van der Waals surface area contributed by atoms with Crippen LogP contribution < -0.4 is 4.90 Å². The Hall–Kier alpha value is -1.66. The lowest BCUT2D eigenvalue weighted by molar-refractivity contribution is -0.385. The van der Waals surface area contributed by atoms with E-state index in [1.54, 1.807) is 12.1 Å². The molecule has 0 bridgehead atoms. The van der Waals surface area contributed by atoms with Crippen LogP contribution in [0.25, 0.3) is 0 Å². The molecule has 1 aromatic carbocycles. The van der Waals surface area contributed by atoms with Crippen LogP contribution >= 0.6 is 0 Å². The maximum Gasteiger partial charge on any atom is 0.275 e. The summed E-state index contributed by atoms with van der Waals surface area (Å²) in [5.41, 5.74) is 1.24. The lowest BCUT2D eigenvalue weighted by Gasteiger charge is -2.34. The fourth-order valence-electron chi connectivity index (χ4n) is 2.67. The highest BCUT2D eigenvalue weighted by Crippen LogP contribution is 2.27. The van der Waals surface area contributed by atoms with Gasteiger partial charge in [0.05, 0.1) is 23.2 Å². The number of rotatable bonds is 6. The Balaban J connectivity index is 2.12. The number of benzene rings is 1. The summed E-state index contributed by atoms with van der Waals surface area (Å²) < 4.78 is 5.80. The molecule has 1 aromatic rings. The second-order valence-corrected chi connectivity index (χ2v) is 5.31. The van der Waals surface area contributed by atoms with Crippen LogP contribution in [0, 0.1) is 10.1 Å². The van der Waals surface area contributed by atoms with Crippen LogP contribution in [0.2, 0.25) is 0 Å². The monoisotopic (exact) mass is 294 g/mol. The third-order valence-electron chi connectivity index (χ3n) is 3.73. The maximum atomic E-state index is 10.9. The van der Waals surface area contributed by atoms with Crippen LogP contribution in [0.5, 0.6) is 0 Å². The molecule has 1 fully saturated rings. The van der Waals surface area contributed by atoms with Crippen molar-refractivity contribution in [3.8, 4) is 0 Å². The predicted octanol–water partition coefficient (Wildman–Crippen LogP) is 2.48. The van der Waals surface area contributed by atoms with Gasteiger partial charge in [0.2, 0.25) is 0 Å². The molecule has 0 aliphatic carbocycles. The van der Waals surface area contributed by atoms with Crippen LogP contribution in [0.1, 0.15) is 31.7 Å². The minimum atomic E-state index is -0.460. The normalized spacial score (nSPS) is 18.8. The van der Waals surface area contributed by atoms with Crippen LogP contribution in [-0.2, 0) is 11.3 Å². The van der Waals surface area contributed by atoms with Crippen molar-refractivity contribution in [1.29, 1.82) is 0 Å². The third-order valence-corrected chi connectivity index (χ3v) is 3.73. The van der Waals surface area contributed by atoms with Gasteiger partial charge in [0.25, 0.3) is 5.69 Å². The van der Waals surface area contributed by atoms with Crippen LogP contribution in [-0.4, -0.2) is 35.8 Å². The molecular formula is C15H22N2O4.